The lowest BCUT2D eigenvalue weighted by Gasteiger charge is -2.35. The first-order valence-corrected chi connectivity index (χ1v) is 12.7. The van der Waals surface area contributed by atoms with E-state index in [9.17, 15) is 9.59 Å². The molecule has 0 radical (unpaired) electrons. The summed E-state index contributed by atoms with van der Waals surface area (Å²) in [5.41, 5.74) is 0.364. The number of amides is 2. The maximum absolute atomic E-state index is 12.9. The number of thioether (sulfide) groups is 1. The molecule has 0 atom stereocenters. The molecule has 4 rings (SSSR count). The number of nitrogens with zero attached hydrogens (tertiary/aromatic N) is 5. The molecule has 2 aliphatic heterocycles. The molecule has 2 aromatic rings. The molecular weight excluding hydrogens is 454 g/mol. The summed E-state index contributed by atoms with van der Waals surface area (Å²) in [5, 5.41) is 1.79. The second-order valence-electron chi connectivity index (χ2n) is 9.49. The number of benzene rings is 1. The van der Waals surface area contributed by atoms with E-state index in [1.54, 1.807) is 4.90 Å². The Morgan fingerprint density at radius 3 is 2.38 bits per heavy atom. The van der Waals surface area contributed by atoms with Gasteiger partial charge in [0.05, 0.1) is 31.0 Å². The largest absolute Gasteiger partial charge is 0.444 e. The molecule has 34 heavy (non-hydrogen) atoms. The average Bonchev–Trinajstić information content (AvgIpc) is 2.82. The number of hydrogen-bond donors (Lipinski definition) is 0. The second kappa shape index (κ2) is 10.9. The highest BCUT2D eigenvalue weighted by atomic mass is 32.2. The zero-order valence-corrected chi connectivity index (χ0v) is 21.0. The lowest BCUT2D eigenvalue weighted by molar-refractivity contribution is -0.130. The van der Waals surface area contributed by atoms with Crippen molar-refractivity contribution in [2.45, 2.75) is 37.9 Å². The van der Waals surface area contributed by atoms with Crippen molar-refractivity contribution < 1.29 is 19.1 Å². The Hall–Kier alpha value is -2.43. The van der Waals surface area contributed by atoms with E-state index in [0.717, 1.165) is 48.1 Å². The molecule has 0 aliphatic carbocycles. The molecule has 2 fully saturated rings. The first kappa shape index (κ1) is 24.7. The number of ether oxygens (including phenoxy) is 2. The van der Waals surface area contributed by atoms with Crippen molar-refractivity contribution in [3.63, 3.8) is 0 Å². The zero-order valence-electron chi connectivity index (χ0n) is 20.2. The molecule has 9 nitrogen and oxygen atoms in total. The van der Waals surface area contributed by atoms with Crippen molar-refractivity contribution in [2.24, 2.45) is 0 Å². The van der Waals surface area contributed by atoms with Crippen molar-refractivity contribution in [1.29, 1.82) is 0 Å². The minimum atomic E-state index is -0.526. The van der Waals surface area contributed by atoms with Gasteiger partial charge in [0.15, 0.2) is 0 Å². The average molecular weight is 488 g/mol. The SMILES string of the molecule is CC(C)(C)OC(=O)N1CCN(C(=O)CSc2nc(CN3CCOCC3)nc3ccccc23)CC1. The van der Waals surface area contributed by atoms with Gasteiger partial charge in [0.1, 0.15) is 16.5 Å². The van der Waals surface area contributed by atoms with E-state index in [4.69, 9.17) is 19.4 Å². The second-order valence-corrected chi connectivity index (χ2v) is 10.5. The first-order chi connectivity index (χ1) is 16.3. The van der Waals surface area contributed by atoms with Crippen LogP contribution in [0.25, 0.3) is 10.9 Å². The topological polar surface area (TPSA) is 88.1 Å². The number of piperazine rings is 1. The van der Waals surface area contributed by atoms with E-state index >= 15 is 0 Å². The van der Waals surface area contributed by atoms with Crippen molar-refractivity contribution in [3.05, 3.63) is 30.1 Å². The third-order valence-corrected chi connectivity index (χ3v) is 6.68. The molecule has 2 amide bonds. The van der Waals surface area contributed by atoms with Crippen LogP contribution in [0.1, 0.15) is 26.6 Å². The number of aromatic nitrogens is 2. The Kier molecular flexibility index (Phi) is 7.90. The Morgan fingerprint density at radius 1 is 1.00 bits per heavy atom. The van der Waals surface area contributed by atoms with Gasteiger partial charge < -0.3 is 19.3 Å². The lowest BCUT2D eigenvalue weighted by atomic mass is 10.2. The van der Waals surface area contributed by atoms with Crippen molar-refractivity contribution in [3.8, 4) is 0 Å². The summed E-state index contributed by atoms with van der Waals surface area (Å²) in [6, 6.07) is 7.93. The number of fused-ring (bicyclic) bond motifs is 1. The summed E-state index contributed by atoms with van der Waals surface area (Å²) in [6.45, 7) is 11.4. The fourth-order valence-electron chi connectivity index (χ4n) is 3.92. The predicted octanol–water partition coefficient (Wildman–Crippen LogP) is 2.63. The number of para-hydroxylation sites is 1. The molecule has 2 saturated heterocycles. The van der Waals surface area contributed by atoms with E-state index in [-0.39, 0.29) is 12.0 Å². The smallest absolute Gasteiger partial charge is 0.410 e. The van der Waals surface area contributed by atoms with Gasteiger partial charge in [0.25, 0.3) is 0 Å². The monoisotopic (exact) mass is 487 g/mol. The number of rotatable bonds is 5. The maximum atomic E-state index is 12.9. The molecule has 0 bridgehead atoms. The van der Waals surface area contributed by atoms with Crippen LogP contribution in [0.3, 0.4) is 0 Å². The van der Waals surface area contributed by atoms with Crippen LogP contribution in [0.4, 0.5) is 4.79 Å². The minimum Gasteiger partial charge on any atom is -0.444 e. The lowest BCUT2D eigenvalue weighted by Crippen LogP contribution is -2.52. The highest BCUT2D eigenvalue weighted by Crippen LogP contribution is 2.26. The van der Waals surface area contributed by atoms with Crippen molar-refractivity contribution >= 4 is 34.7 Å². The third kappa shape index (κ3) is 6.58. The fourth-order valence-corrected chi connectivity index (χ4v) is 4.86. The molecule has 1 aromatic carbocycles. The summed E-state index contributed by atoms with van der Waals surface area (Å²) in [5.74, 6) is 1.11. The zero-order chi connectivity index (χ0) is 24.1. The van der Waals surface area contributed by atoms with E-state index in [1.165, 1.54) is 11.8 Å². The minimum absolute atomic E-state index is 0.0475. The summed E-state index contributed by atoms with van der Waals surface area (Å²) >= 11 is 1.45. The molecule has 2 aliphatic rings. The van der Waals surface area contributed by atoms with E-state index in [1.807, 2.05) is 49.9 Å². The van der Waals surface area contributed by atoms with Crippen LogP contribution in [-0.4, -0.2) is 101 Å². The van der Waals surface area contributed by atoms with Crippen LogP contribution in [0.15, 0.2) is 29.3 Å². The van der Waals surface area contributed by atoms with Crippen LogP contribution in [0.2, 0.25) is 0 Å². The molecule has 1 aromatic heterocycles. The quantitative estimate of drug-likeness (QED) is 0.470. The van der Waals surface area contributed by atoms with E-state index in [2.05, 4.69) is 4.90 Å². The molecule has 0 N–H and O–H groups in total. The molecule has 184 valence electrons. The number of carbonyl (C=O) groups is 2. The van der Waals surface area contributed by atoms with Gasteiger partial charge in [0.2, 0.25) is 5.91 Å². The third-order valence-electron chi connectivity index (χ3n) is 5.70. The predicted molar refractivity (Wildman–Crippen MR) is 131 cm³/mol. The molecule has 3 heterocycles. The number of carbonyl (C=O) groups excluding carboxylic acids is 2. The van der Waals surface area contributed by atoms with Gasteiger partial charge in [0, 0.05) is 44.7 Å². The highest BCUT2D eigenvalue weighted by molar-refractivity contribution is 8.00. The van der Waals surface area contributed by atoms with Crippen LogP contribution in [0.5, 0.6) is 0 Å². The van der Waals surface area contributed by atoms with Crippen LogP contribution >= 0.6 is 11.8 Å². The van der Waals surface area contributed by atoms with Crippen LogP contribution < -0.4 is 0 Å². The summed E-state index contributed by atoms with van der Waals surface area (Å²) in [7, 11) is 0. The van der Waals surface area contributed by atoms with E-state index < -0.39 is 5.60 Å². The first-order valence-electron chi connectivity index (χ1n) is 11.7. The van der Waals surface area contributed by atoms with Gasteiger partial charge >= 0.3 is 6.09 Å². The molecule has 0 spiro atoms. The molecule has 0 unspecified atom stereocenters. The normalized spacial score (nSPS) is 17.7. The van der Waals surface area contributed by atoms with Gasteiger partial charge in [-0.15, -0.1) is 0 Å². The molecule has 0 saturated carbocycles. The molecular formula is C24H33N5O4S. The maximum Gasteiger partial charge on any atom is 0.410 e. The fraction of sp³-hybridized carbons (Fsp3) is 0.583. The number of hydrogen-bond acceptors (Lipinski definition) is 8. The molecule has 10 heteroatoms. The van der Waals surface area contributed by atoms with Crippen molar-refractivity contribution in [1.82, 2.24) is 24.7 Å². The Bertz CT molecular complexity index is 1010. The highest BCUT2D eigenvalue weighted by Gasteiger charge is 2.27. The van der Waals surface area contributed by atoms with Gasteiger partial charge in [-0.25, -0.2) is 14.8 Å². The van der Waals surface area contributed by atoms with Crippen LogP contribution in [0, 0.1) is 0 Å². The van der Waals surface area contributed by atoms with E-state index in [0.29, 0.717) is 38.5 Å². The summed E-state index contributed by atoms with van der Waals surface area (Å²) in [6.07, 6.45) is -0.325. The van der Waals surface area contributed by atoms with Gasteiger partial charge in [-0.05, 0) is 26.8 Å². The van der Waals surface area contributed by atoms with Gasteiger partial charge in [-0.3, -0.25) is 9.69 Å². The Labute approximate surface area is 204 Å². The van der Waals surface area contributed by atoms with Gasteiger partial charge in [-0.2, -0.15) is 0 Å². The standard InChI is InChI=1S/C24H33N5O4S/c1-24(2,3)33-23(31)29-10-8-28(9-11-29)21(30)17-34-22-18-6-4-5-7-19(18)25-20(26-22)16-27-12-14-32-15-13-27/h4-7H,8-17H2,1-3H3. The van der Waals surface area contributed by atoms with Crippen molar-refractivity contribution in [2.75, 3.05) is 58.2 Å². The Balaban J connectivity index is 1.36. The van der Waals surface area contributed by atoms with Gasteiger partial charge in [-0.1, -0.05) is 30.0 Å². The number of morpholine rings is 1. The summed E-state index contributed by atoms with van der Waals surface area (Å²) < 4.78 is 10.9. The Morgan fingerprint density at radius 2 is 1.68 bits per heavy atom. The van der Waals surface area contributed by atoms with Crippen LogP contribution in [-0.2, 0) is 20.8 Å². The summed E-state index contributed by atoms with van der Waals surface area (Å²) in [4.78, 5) is 40.5.